The molecule has 2 heterocycles. The molecule has 1 aliphatic heterocycles. The van der Waals surface area contributed by atoms with Crippen molar-refractivity contribution in [3.05, 3.63) is 54.0 Å². The Bertz CT molecular complexity index is 820. The number of amides is 2. The van der Waals surface area contributed by atoms with Crippen LogP contribution in [0.25, 0.3) is 0 Å². The molecule has 2 amide bonds. The summed E-state index contributed by atoms with van der Waals surface area (Å²) in [4.78, 5) is 29.9. The van der Waals surface area contributed by atoms with Crippen LogP contribution in [0.1, 0.15) is 30.1 Å². The highest BCUT2D eigenvalue weighted by atomic mass is 19.1. The number of halogens is 1. The second kappa shape index (κ2) is 9.16. The first-order valence-corrected chi connectivity index (χ1v) is 9.26. The van der Waals surface area contributed by atoms with Crippen molar-refractivity contribution in [3.63, 3.8) is 0 Å². The summed E-state index contributed by atoms with van der Waals surface area (Å²) in [6, 6.07) is 9.23. The van der Waals surface area contributed by atoms with Crippen molar-refractivity contribution in [1.29, 1.82) is 0 Å². The third-order valence-corrected chi connectivity index (χ3v) is 4.48. The summed E-state index contributed by atoms with van der Waals surface area (Å²) in [6.07, 6.45) is 2.89. The lowest BCUT2D eigenvalue weighted by Gasteiger charge is -2.31. The van der Waals surface area contributed by atoms with Gasteiger partial charge in [0.15, 0.2) is 0 Å². The number of pyridine rings is 1. The van der Waals surface area contributed by atoms with Gasteiger partial charge in [0.25, 0.3) is 5.91 Å². The van der Waals surface area contributed by atoms with Gasteiger partial charge in [-0.15, -0.1) is 0 Å². The largest absolute Gasteiger partial charge is 0.450 e. The quantitative estimate of drug-likeness (QED) is 0.822. The van der Waals surface area contributed by atoms with E-state index >= 15 is 0 Å². The van der Waals surface area contributed by atoms with Crippen LogP contribution in [0.2, 0.25) is 0 Å². The molecule has 7 nitrogen and oxygen atoms in total. The molecule has 1 aromatic carbocycles. The summed E-state index contributed by atoms with van der Waals surface area (Å²) in [5.74, 6) is -0.161. The molecule has 1 aliphatic rings. The number of nitrogens with one attached hydrogen (secondary N) is 2. The molecule has 0 spiro atoms. The zero-order valence-corrected chi connectivity index (χ0v) is 15.7. The van der Waals surface area contributed by atoms with Gasteiger partial charge in [-0.05, 0) is 50.1 Å². The molecule has 1 saturated heterocycles. The number of carbonyl (C=O) groups excluding carboxylic acids is 2. The van der Waals surface area contributed by atoms with Crippen molar-refractivity contribution in [1.82, 2.24) is 9.88 Å². The molecular formula is C20H23FN4O3. The van der Waals surface area contributed by atoms with Crippen LogP contribution < -0.4 is 10.6 Å². The van der Waals surface area contributed by atoms with Crippen molar-refractivity contribution in [2.24, 2.45) is 0 Å². The first kappa shape index (κ1) is 19.6. The lowest BCUT2D eigenvalue weighted by Crippen LogP contribution is -2.42. The molecule has 0 bridgehead atoms. The van der Waals surface area contributed by atoms with E-state index in [2.05, 4.69) is 15.6 Å². The Balaban J connectivity index is 1.50. The molecule has 2 aromatic rings. The van der Waals surface area contributed by atoms with Crippen LogP contribution in [0.5, 0.6) is 0 Å². The Labute approximate surface area is 162 Å². The van der Waals surface area contributed by atoms with Gasteiger partial charge in [-0.2, -0.15) is 0 Å². The lowest BCUT2D eigenvalue weighted by atomic mass is 10.1. The van der Waals surface area contributed by atoms with E-state index in [0.29, 0.717) is 31.2 Å². The number of piperidine rings is 1. The molecule has 2 N–H and O–H groups in total. The fourth-order valence-electron chi connectivity index (χ4n) is 3.02. The molecular weight excluding hydrogens is 363 g/mol. The predicted molar refractivity (Wildman–Crippen MR) is 104 cm³/mol. The molecule has 1 fully saturated rings. The molecule has 0 atom stereocenters. The average molecular weight is 386 g/mol. The van der Waals surface area contributed by atoms with E-state index in [-0.39, 0.29) is 17.7 Å². The summed E-state index contributed by atoms with van der Waals surface area (Å²) in [5, 5.41) is 6.03. The van der Waals surface area contributed by atoms with Gasteiger partial charge in [-0.3, -0.25) is 4.79 Å². The fraction of sp³-hybridized carbons (Fsp3) is 0.350. The summed E-state index contributed by atoms with van der Waals surface area (Å²) in [5.41, 5.74) is 0.771. The minimum absolute atomic E-state index is 0.214. The van der Waals surface area contributed by atoms with Gasteiger partial charge in [0.2, 0.25) is 0 Å². The Morgan fingerprint density at radius 1 is 1.25 bits per heavy atom. The Hall–Kier alpha value is -3.16. The second-order valence-corrected chi connectivity index (χ2v) is 6.50. The molecule has 0 saturated carbocycles. The second-order valence-electron chi connectivity index (χ2n) is 6.50. The van der Waals surface area contributed by atoms with Crippen molar-refractivity contribution in [2.45, 2.75) is 25.8 Å². The van der Waals surface area contributed by atoms with Gasteiger partial charge in [0.1, 0.15) is 11.6 Å². The number of likely N-dealkylation sites (tertiary alicyclic amines) is 1. The Morgan fingerprint density at radius 3 is 2.68 bits per heavy atom. The molecule has 28 heavy (non-hydrogen) atoms. The minimum Gasteiger partial charge on any atom is -0.450 e. The van der Waals surface area contributed by atoms with E-state index in [0.717, 1.165) is 12.8 Å². The van der Waals surface area contributed by atoms with E-state index in [1.54, 1.807) is 36.2 Å². The number of ether oxygens (including phenoxy) is 1. The van der Waals surface area contributed by atoms with Crippen molar-refractivity contribution < 1.29 is 18.7 Å². The van der Waals surface area contributed by atoms with Gasteiger partial charge in [-0.25, -0.2) is 14.2 Å². The van der Waals surface area contributed by atoms with E-state index in [1.807, 2.05) is 0 Å². The molecule has 1 aromatic heterocycles. The van der Waals surface area contributed by atoms with Gasteiger partial charge in [0, 0.05) is 24.7 Å². The maximum Gasteiger partial charge on any atom is 0.409 e. The molecule has 3 rings (SSSR count). The van der Waals surface area contributed by atoms with E-state index in [9.17, 15) is 14.0 Å². The van der Waals surface area contributed by atoms with Crippen molar-refractivity contribution in [2.75, 3.05) is 30.3 Å². The third kappa shape index (κ3) is 5.18. The molecule has 148 valence electrons. The number of anilines is 2. The summed E-state index contributed by atoms with van der Waals surface area (Å²) in [7, 11) is 0. The summed E-state index contributed by atoms with van der Waals surface area (Å²) >= 11 is 0. The highest BCUT2D eigenvalue weighted by Crippen LogP contribution is 2.18. The smallest absolute Gasteiger partial charge is 0.409 e. The number of carbonyl (C=O) groups is 2. The van der Waals surface area contributed by atoms with Crippen LogP contribution in [0.3, 0.4) is 0 Å². The average Bonchev–Trinajstić information content (AvgIpc) is 2.70. The van der Waals surface area contributed by atoms with E-state index in [4.69, 9.17) is 4.74 Å². The standard InChI is InChI=1S/C20H23FN4O3/c1-2-28-20(27)25-10-8-16(9-11-25)23-18-7-6-17(13-22-18)24-19(26)14-4-3-5-15(21)12-14/h3-7,12-13,16H,2,8-11H2,1H3,(H,22,23)(H,24,26). The van der Waals surface area contributed by atoms with Crippen LogP contribution in [-0.2, 0) is 4.74 Å². The maximum absolute atomic E-state index is 13.2. The Kier molecular flexibility index (Phi) is 6.41. The summed E-state index contributed by atoms with van der Waals surface area (Å²) < 4.78 is 18.2. The number of aromatic nitrogens is 1. The predicted octanol–water partition coefficient (Wildman–Crippen LogP) is 3.51. The van der Waals surface area contributed by atoms with Crippen molar-refractivity contribution in [3.8, 4) is 0 Å². The van der Waals surface area contributed by atoms with Crippen LogP contribution in [0.4, 0.5) is 20.7 Å². The maximum atomic E-state index is 13.2. The monoisotopic (exact) mass is 386 g/mol. The molecule has 0 unspecified atom stereocenters. The number of benzene rings is 1. The van der Waals surface area contributed by atoms with Crippen LogP contribution >= 0.6 is 0 Å². The highest BCUT2D eigenvalue weighted by molar-refractivity contribution is 6.04. The first-order chi connectivity index (χ1) is 13.5. The number of rotatable bonds is 5. The molecule has 8 heteroatoms. The highest BCUT2D eigenvalue weighted by Gasteiger charge is 2.23. The fourth-order valence-corrected chi connectivity index (χ4v) is 3.02. The van der Waals surface area contributed by atoms with Crippen molar-refractivity contribution >= 4 is 23.5 Å². The van der Waals surface area contributed by atoms with Crippen LogP contribution in [0.15, 0.2) is 42.6 Å². The topological polar surface area (TPSA) is 83.6 Å². The summed E-state index contributed by atoms with van der Waals surface area (Å²) in [6.45, 7) is 3.45. The zero-order valence-electron chi connectivity index (χ0n) is 15.7. The van der Waals surface area contributed by atoms with Gasteiger partial charge in [-0.1, -0.05) is 6.07 Å². The third-order valence-electron chi connectivity index (χ3n) is 4.48. The van der Waals surface area contributed by atoms with Gasteiger partial charge in [0.05, 0.1) is 18.5 Å². The zero-order chi connectivity index (χ0) is 19.9. The number of hydrogen-bond donors (Lipinski definition) is 2. The van der Waals surface area contributed by atoms with Gasteiger partial charge < -0.3 is 20.3 Å². The molecule has 0 radical (unpaired) electrons. The van der Waals surface area contributed by atoms with Gasteiger partial charge >= 0.3 is 6.09 Å². The number of hydrogen-bond acceptors (Lipinski definition) is 5. The van der Waals surface area contributed by atoms with Crippen LogP contribution in [0, 0.1) is 5.82 Å². The first-order valence-electron chi connectivity index (χ1n) is 9.26. The van der Waals surface area contributed by atoms with E-state index in [1.165, 1.54) is 18.2 Å². The minimum atomic E-state index is -0.459. The SMILES string of the molecule is CCOC(=O)N1CCC(Nc2ccc(NC(=O)c3cccc(F)c3)cn2)CC1. The number of nitrogens with zero attached hydrogens (tertiary/aromatic N) is 2. The normalized spacial score (nSPS) is 14.4. The van der Waals surface area contributed by atoms with E-state index < -0.39 is 11.7 Å². The van der Waals surface area contributed by atoms with Crippen LogP contribution in [-0.4, -0.2) is 47.6 Å². The molecule has 0 aliphatic carbocycles. The lowest BCUT2D eigenvalue weighted by molar-refractivity contribution is 0.0981. The Morgan fingerprint density at radius 2 is 2.04 bits per heavy atom.